The highest BCUT2D eigenvalue weighted by atomic mass is 16.3. The number of piperidine rings is 1. The van der Waals surface area contributed by atoms with Gasteiger partial charge < -0.3 is 21.5 Å². The smallest absolute Gasteiger partial charge is 0.290 e. The van der Waals surface area contributed by atoms with E-state index in [4.69, 9.17) is 21.4 Å². The molecular weight excluding hydrogens is 406 g/mol. The number of nitrogens with zero attached hydrogens (tertiary/aromatic N) is 3. The quantitative estimate of drug-likeness (QED) is 0.523. The van der Waals surface area contributed by atoms with E-state index in [1.54, 1.807) is 0 Å². The SMILES string of the molecule is Cc1ccc2cc(-c3cnc(N)cc3N3CCCC(CCC(N)=O)C3)ccc2n1.O=CO. The van der Waals surface area contributed by atoms with Gasteiger partial charge in [-0.05, 0) is 55.9 Å². The lowest BCUT2D eigenvalue weighted by Crippen LogP contribution is -2.36. The van der Waals surface area contributed by atoms with Crippen LogP contribution in [0.25, 0.3) is 22.0 Å². The maximum Gasteiger partial charge on any atom is 0.290 e. The van der Waals surface area contributed by atoms with E-state index in [0.717, 1.165) is 65.8 Å². The summed E-state index contributed by atoms with van der Waals surface area (Å²) in [6, 6.07) is 12.4. The third-order valence-corrected chi connectivity index (χ3v) is 5.70. The number of anilines is 2. The number of hydrogen-bond donors (Lipinski definition) is 3. The van der Waals surface area contributed by atoms with Crippen LogP contribution >= 0.6 is 0 Å². The maximum absolute atomic E-state index is 11.2. The number of carbonyl (C=O) groups is 2. The van der Waals surface area contributed by atoms with Crippen LogP contribution in [0.5, 0.6) is 0 Å². The zero-order valence-corrected chi connectivity index (χ0v) is 18.2. The minimum atomic E-state index is -0.250. The minimum Gasteiger partial charge on any atom is -0.483 e. The van der Waals surface area contributed by atoms with Crippen LogP contribution in [0.15, 0.2) is 42.6 Å². The van der Waals surface area contributed by atoms with Crippen molar-refractivity contribution in [2.24, 2.45) is 11.7 Å². The van der Waals surface area contributed by atoms with Crippen LogP contribution in [0.1, 0.15) is 31.4 Å². The number of benzene rings is 1. The summed E-state index contributed by atoms with van der Waals surface area (Å²) in [5, 5.41) is 7.99. The lowest BCUT2D eigenvalue weighted by molar-refractivity contribution is -0.123. The molecule has 0 saturated carbocycles. The van der Waals surface area contributed by atoms with Crippen LogP contribution < -0.4 is 16.4 Å². The first kappa shape index (κ1) is 23.0. The first-order chi connectivity index (χ1) is 15.4. The summed E-state index contributed by atoms with van der Waals surface area (Å²) >= 11 is 0. The highest BCUT2D eigenvalue weighted by molar-refractivity contribution is 5.88. The Morgan fingerprint density at radius 3 is 2.81 bits per heavy atom. The number of carboxylic acid groups (broad SMARTS) is 1. The molecule has 4 rings (SSSR count). The molecule has 32 heavy (non-hydrogen) atoms. The average Bonchev–Trinajstić information content (AvgIpc) is 2.78. The fourth-order valence-corrected chi connectivity index (χ4v) is 4.21. The first-order valence-corrected chi connectivity index (χ1v) is 10.7. The fraction of sp³-hybridized carbons (Fsp3) is 0.333. The molecule has 0 radical (unpaired) electrons. The third-order valence-electron chi connectivity index (χ3n) is 5.70. The van der Waals surface area contributed by atoms with E-state index >= 15 is 0 Å². The van der Waals surface area contributed by atoms with Crippen LogP contribution in [0.3, 0.4) is 0 Å². The molecule has 8 nitrogen and oxygen atoms in total. The molecule has 0 aliphatic carbocycles. The number of fused-ring (bicyclic) bond motifs is 1. The van der Waals surface area contributed by atoms with Gasteiger partial charge in [0.05, 0.1) is 5.52 Å². The van der Waals surface area contributed by atoms with Crippen LogP contribution in [0, 0.1) is 12.8 Å². The Bertz CT molecular complexity index is 1100. The van der Waals surface area contributed by atoms with E-state index in [2.05, 4.69) is 39.1 Å². The van der Waals surface area contributed by atoms with E-state index in [0.29, 0.717) is 18.2 Å². The van der Waals surface area contributed by atoms with Crippen molar-refractivity contribution >= 4 is 34.8 Å². The van der Waals surface area contributed by atoms with Crippen LogP contribution in [0.2, 0.25) is 0 Å². The summed E-state index contributed by atoms with van der Waals surface area (Å²) in [5.74, 6) is 0.749. The van der Waals surface area contributed by atoms with Crippen LogP contribution in [-0.4, -0.2) is 40.5 Å². The lowest BCUT2D eigenvalue weighted by atomic mass is 9.92. The molecule has 8 heteroatoms. The van der Waals surface area contributed by atoms with Crippen molar-refractivity contribution in [3.8, 4) is 11.1 Å². The summed E-state index contributed by atoms with van der Waals surface area (Å²) in [6.07, 6.45) is 5.36. The lowest BCUT2D eigenvalue weighted by Gasteiger charge is -2.35. The highest BCUT2D eigenvalue weighted by Crippen LogP contribution is 2.36. The Morgan fingerprint density at radius 1 is 1.28 bits per heavy atom. The monoisotopic (exact) mass is 435 g/mol. The molecule has 1 amide bonds. The van der Waals surface area contributed by atoms with Gasteiger partial charge in [0.25, 0.3) is 6.47 Å². The Hall–Kier alpha value is -3.68. The molecular formula is C24H29N5O3. The van der Waals surface area contributed by atoms with E-state index in [1.807, 2.05) is 25.3 Å². The molecule has 5 N–H and O–H groups in total. The number of nitrogens with two attached hydrogens (primary N) is 2. The molecule has 1 aliphatic rings. The number of aromatic nitrogens is 2. The van der Waals surface area contributed by atoms with Gasteiger partial charge >= 0.3 is 0 Å². The summed E-state index contributed by atoms with van der Waals surface area (Å²) < 4.78 is 0. The maximum atomic E-state index is 11.2. The number of pyridine rings is 2. The van der Waals surface area contributed by atoms with Gasteiger partial charge in [0, 0.05) is 54.1 Å². The van der Waals surface area contributed by atoms with Crippen molar-refractivity contribution in [1.82, 2.24) is 9.97 Å². The van der Waals surface area contributed by atoms with E-state index < -0.39 is 0 Å². The number of amides is 1. The molecule has 2 aromatic heterocycles. The highest BCUT2D eigenvalue weighted by Gasteiger charge is 2.23. The van der Waals surface area contributed by atoms with Crippen molar-refractivity contribution in [3.63, 3.8) is 0 Å². The number of nitrogen functional groups attached to an aromatic ring is 1. The van der Waals surface area contributed by atoms with Gasteiger partial charge in [-0.15, -0.1) is 0 Å². The molecule has 1 aromatic carbocycles. The Labute approximate surface area is 187 Å². The number of carbonyl (C=O) groups excluding carboxylic acids is 1. The number of aryl methyl sites for hydroxylation is 1. The summed E-state index contributed by atoms with van der Waals surface area (Å²) in [4.78, 5) is 30.9. The van der Waals surface area contributed by atoms with Crippen molar-refractivity contribution in [1.29, 1.82) is 0 Å². The zero-order valence-electron chi connectivity index (χ0n) is 18.2. The zero-order chi connectivity index (χ0) is 23.1. The van der Waals surface area contributed by atoms with Crippen LogP contribution in [0.4, 0.5) is 11.5 Å². The summed E-state index contributed by atoms with van der Waals surface area (Å²) in [5.41, 5.74) is 16.7. The molecule has 1 unspecified atom stereocenters. The van der Waals surface area contributed by atoms with Gasteiger partial charge in [-0.1, -0.05) is 12.1 Å². The molecule has 3 aromatic rings. The van der Waals surface area contributed by atoms with Crippen molar-refractivity contribution in [2.75, 3.05) is 23.7 Å². The molecule has 0 bridgehead atoms. The van der Waals surface area contributed by atoms with Gasteiger partial charge in [0.15, 0.2) is 0 Å². The van der Waals surface area contributed by atoms with Crippen molar-refractivity contribution in [2.45, 2.75) is 32.6 Å². The predicted octanol–water partition coefficient (Wildman–Crippen LogP) is 3.37. The molecule has 1 saturated heterocycles. The second kappa shape index (κ2) is 10.6. The largest absolute Gasteiger partial charge is 0.483 e. The molecule has 1 fully saturated rings. The Kier molecular flexibility index (Phi) is 7.59. The van der Waals surface area contributed by atoms with Gasteiger partial charge in [0.1, 0.15) is 5.82 Å². The topological polar surface area (TPSA) is 135 Å². The standard InChI is InChI=1S/C23H27N5O.CH2O2/c1-15-4-6-18-11-17(7-8-20(18)27-15)19-13-26-22(24)12-21(19)28-10-2-3-16(14-28)5-9-23(25)29;2-1-3/h4,6-8,11-13,16H,2-3,5,9-10,14H2,1H3,(H2,24,26)(H2,25,29);1H,(H,2,3). The normalized spacial score (nSPS) is 15.7. The Balaban J connectivity index is 0.000000913. The molecule has 1 atom stereocenters. The summed E-state index contributed by atoms with van der Waals surface area (Å²) in [6.45, 7) is 3.62. The van der Waals surface area contributed by atoms with Gasteiger partial charge in [-0.2, -0.15) is 0 Å². The van der Waals surface area contributed by atoms with Gasteiger partial charge in [0.2, 0.25) is 5.91 Å². The fourth-order valence-electron chi connectivity index (χ4n) is 4.21. The van der Waals surface area contributed by atoms with E-state index in [1.165, 1.54) is 0 Å². The average molecular weight is 436 g/mol. The molecule has 0 spiro atoms. The number of primary amides is 1. The summed E-state index contributed by atoms with van der Waals surface area (Å²) in [7, 11) is 0. The second-order valence-corrected chi connectivity index (χ2v) is 8.05. The molecule has 3 heterocycles. The van der Waals surface area contributed by atoms with Gasteiger partial charge in [-0.25, -0.2) is 4.98 Å². The number of rotatable bonds is 5. The number of hydrogen-bond acceptors (Lipinski definition) is 6. The van der Waals surface area contributed by atoms with Gasteiger partial charge in [-0.3, -0.25) is 14.6 Å². The first-order valence-electron chi connectivity index (χ1n) is 10.7. The van der Waals surface area contributed by atoms with Crippen molar-refractivity contribution in [3.05, 3.63) is 48.3 Å². The third kappa shape index (κ3) is 5.72. The minimum absolute atomic E-state index is 0.226. The molecule has 168 valence electrons. The Morgan fingerprint density at radius 2 is 2.06 bits per heavy atom. The predicted molar refractivity (Wildman–Crippen MR) is 126 cm³/mol. The van der Waals surface area contributed by atoms with E-state index in [9.17, 15) is 4.79 Å². The van der Waals surface area contributed by atoms with E-state index in [-0.39, 0.29) is 12.4 Å². The molecule has 1 aliphatic heterocycles. The van der Waals surface area contributed by atoms with Crippen molar-refractivity contribution < 1.29 is 14.7 Å². The second-order valence-electron chi connectivity index (χ2n) is 8.05. The van der Waals surface area contributed by atoms with Crippen LogP contribution in [-0.2, 0) is 9.59 Å².